The van der Waals surface area contributed by atoms with Crippen molar-refractivity contribution in [3.8, 4) is 28.4 Å². The van der Waals surface area contributed by atoms with E-state index >= 15 is 0 Å². The van der Waals surface area contributed by atoms with Crippen molar-refractivity contribution in [2.24, 2.45) is 5.14 Å². The van der Waals surface area contributed by atoms with Crippen molar-refractivity contribution in [2.75, 3.05) is 13.2 Å². The summed E-state index contributed by atoms with van der Waals surface area (Å²) in [6, 6.07) is 11.7. The van der Waals surface area contributed by atoms with Crippen molar-refractivity contribution in [1.82, 2.24) is 0 Å². The Labute approximate surface area is 219 Å². The minimum atomic E-state index is -3.80. The monoisotopic (exact) mass is 601 g/mol. The molecule has 0 amide bonds. The number of allylic oxidation sites excluding steroid dienone is 1. The summed E-state index contributed by atoms with van der Waals surface area (Å²) in [6.07, 6.45) is -0.612. The lowest BCUT2D eigenvalue weighted by molar-refractivity contribution is -0.0514. The highest BCUT2D eigenvalue weighted by Crippen LogP contribution is 2.53. The smallest absolute Gasteiger partial charge is 0.387 e. The maximum Gasteiger partial charge on any atom is 0.387 e. The van der Waals surface area contributed by atoms with Gasteiger partial charge in [0.15, 0.2) is 17.6 Å². The number of nitrogens with two attached hydrogens (primary N) is 1. The van der Waals surface area contributed by atoms with Crippen LogP contribution in [-0.2, 0) is 20.5 Å². The molecule has 1 aliphatic rings. The van der Waals surface area contributed by atoms with Crippen LogP contribution in [0.15, 0.2) is 58.6 Å². The van der Waals surface area contributed by atoms with Gasteiger partial charge in [0, 0.05) is 5.56 Å². The number of thiophene rings is 1. The van der Waals surface area contributed by atoms with Crippen molar-refractivity contribution in [3.63, 3.8) is 0 Å². The molecule has 0 bridgehead atoms. The standard InChI is InChI=1S/C24H22BrF2NO6S2/c1-13(2)31-9-10-32-18-6-5-17-21(23(18)34-24(26)27)15-4-3-14(12-36(28,29)30)11-16(15)22(33-17)19-7-8-20(25)35-19/h3-8,11,22,24H,1,9-10,12H2,2H3,(H2,28,29,30). The molecule has 0 aliphatic carbocycles. The molecule has 0 spiro atoms. The van der Waals surface area contributed by atoms with Gasteiger partial charge < -0.3 is 18.9 Å². The molecule has 36 heavy (non-hydrogen) atoms. The molecule has 0 saturated carbocycles. The quantitative estimate of drug-likeness (QED) is 0.227. The van der Waals surface area contributed by atoms with Crippen molar-refractivity contribution in [1.29, 1.82) is 0 Å². The fourth-order valence-electron chi connectivity index (χ4n) is 3.84. The molecule has 7 nitrogen and oxygen atoms in total. The van der Waals surface area contributed by atoms with E-state index in [-0.39, 0.29) is 36.0 Å². The molecule has 0 saturated heterocycles. The predicted molar refractivity (Wildman–Crippen MR) is 136 cm³/mol. The molecular formula is C24H22BrF2NO6S2. The van der Waals surface area contributed by atoms with E-state index in [1.165, 1.54) is 17.4 Å². The molecule has 2 heterocycles. The molecular weight excluding hydrogens is 580 g/mol. The Balaban J connectivity index is 1.83. The second-order valence-electron chi connectivity index (χ2n) is 7.91. The lowest BCUT2D eigenvalue weighted by atomic mass is 9.90. The molecule has 12 heteroatoms. The Morgan fingerprint density at radius 3 is 2.64 bits per heavy atom. The largest absolute Gasteiger partial charge is 0.495 e. The summed E-state index contributed by atoms with van der Waals surface area (Å²) in [7, 11) is -3.80. The first-order chi connectivity index (χ1) is 17.0. The zero-order valence-electron chi connectivity index (χ0n) is 19.0. The van der Waals surface area contributed by atoms with Gasteiger partial charge in [-0.2, -0.15) is 8.78 Å². The fourth-order valence-corrected chi connectivity index (χ4v) is 5.95. The maximum atomic E-state index is 13.5. The van der Waals surface area contributed by atoms with Crippen molar-refractivity contribution < 1.29 is 36.1 Å². The summed E-state index contributed by atoms with van der Waals surface area (Å²) in [4.78, 5) is 0.829. The van der Waals surface area contributed by atoms with Crippen LogP contribution in [0.1, 0.15) is 29.0 Å². The van der Waals surface area contributed by atoms with Gasteiger partial charge in [0.05, 0.1) is 25.7 Å². The van der Waals surface area contributed by atoms with Gasteiger partial charge in [0.2, 0.25) is 10.0 Å². The summed E-state index contributed by atoms with van der Waals surface area (Å²) in [5.74, 6) is 0.318. The van der Waals surface area contributed by atoms with Crippen molar-refractivity contribution in [2.45, 2.75) is 25.4 Å². The third-order valence-corrected chi connectivity index (χ3v) is 7.52. The molecule has 0 fully saturated rings. The first-order valence-electron chi connectivity index (χ1n) is 10.6. The molecule has 192 valence electrons. The normalized spacial score (nSPS) is 14.6. The fraction of sp³-hybridized carbons (Fsp3) is 0.250. The minimum Gasteiger partial charge on any atom is -0.495 e. The van der Waals surface area contributed by atoms with E-state index in [1.54, 1.807) is 31.2 Å². The van der Waals surface area contributed by atoms with Gasteiger partial charge >= 0.3 is 6.61 Å². The van der Waals surface area contributed by atoms with Crippen LogP contribution in [0.4, 0.5) is 8.78 Å². The zero-order chi connectivity index (χ0) is 26.0. The SMILES string of the molecule is C=C(C)OCCOc1ccc2c(c1OC(F)F)-c1ccc(CS(N)(=O)=O)cc1C(c1ccc(Br)s1)O2. The Morgan fingerprint density at radius 1 is 1.22 bits per heavy atom. The van der Waals surface area contributed by atoms with Gasteiger partial charge in [0.1, 0.15) is 19.0 Å². The molecule has 4 rings (SSSR count). The number of halogens is 3. The predicted octanol–water partition coefficient (Wildman–Crippen LogP) is 5.98. The summed E-state index contributed by atoms with van der Waals surface area (Å²) in [6.45, 7) is 2.43. The Morgan fingerprint density at radius 2 is 2.00 bits per heavy atom. The van der Waals surface area contributed by atoms with Crippen molar-refractivity contribution in [3.05, 3.63) is 74.6 Å². The molecule has 1 atom stereocenters. The number of fused-ring (bicyclic) bond motifs is 3. The number of hydrogen-bond donors (Lipinski definition) is 1. The third-order valence-electron chi connectivity index (χ3n) is 5.11. The maximum absolute atomic E-state index is 13.5. The lowest BCUT2D eigenvalue weighted by Gasteiger charge is -2.30. The summed E-state index contributed by atoms with van der Waals surface area (Å²) < 4.78 is 73.5. The summed E-state index contributed by atoms with van der Waals surface area (Å²) >= 11 is 4.88. The van der Waals surface area contributed by atoms with Gasteiger partial charge in [0.25, 0.3) is 0 Å². The highest BCUT2D eigenvalue weighted by atomic mass is 79.9. The highest BCUT2D eigenvalue weighted by Gasteiger charge is 2.33. The number of sulfonamides is 1. The number of rotatable bonds is 10. The van der Waals surface area contributed by atoms with E-state index < -0.39 is 22.7 Å². The van der Waals surface area contributed by atoms with Crippen molar-refractivity contribution >= 4 is 37.3 Å². The van der Waals surface area contributed by atoms with Crippen LogP contribution in [0.5, 0.6) is 17.2 Å². The number of primary sulfonamides is 1. The van der Waals surface area contributed by atoms with Crippen LogP contribution in [0.3, 0.4) is 0 Å². The van der Waals surface area contributed by atoms with Gasteiger partial charge in [-0.1, -0.05) is 24.8 Å². The van der Waals surface area contributed by atoms with Crippen LogP contribution in [-0.4, -0.2) is 28.2 Å². The molecule has 1 unspecified atom stereocenters. The summed E-state index contributed by atoms with van der Waals surface area (Å²) in [5.41, 5.74) is 1.84. The second kappa shape index (κ2) is 10.8. The van der Waals surface area contributed by atoms with E-state index in [9.17, 15) is 17.2 Å². The van der Waals surface area contributed by atoms with E-state index in [0.29, 0.717) is 28.2 Å². The van der Waals surface area contributed by atoms with Gasteiger partial charge in [-0.25, -0.2) is 13.6 Å². The summed E-state index contributed by atoms with van der Waals surface area (Å²) in [5, 5.41) is 5.25. The average Bonchev–Trinajstić information content (AvgIpc) is 3.21. The lowest BCUT2D eigenvalue weighted by Crippen LogP contribution is -2.18. The number of hydrogen-bond acceptors (Lipinski definition) is 7. The van der Waals surface area contributed by atoms with Gasteiger partial charge in [-0.05, 0) is 58.2 Å². The average molecular weight is 602 g/mol. The van der Waals surface area contributed by atoms with Crippen LogP contribution < -0.4 is 19.3 Å². The first-order valence-corrected chi connectivity index (χ1v) is 13.9. The molecule has 1 aliphatic heterocycles. The van der Waals surface area contributed by atoms with Gasteiger partial charge in [-0.15, -0.1) is 11.3 Å². The van der Waals surface area contributed by atoms with Crippen LogP contribution in [0.2, 0.25) is 0 Å². The molecule has 3 aromatic rings. The number of alkyl halides is 2. The Hall–Kier alpha value is -2.67. The first kappa shape index (κ1) is 26.4. The van der Waals surface area contributed by atoms with Gasteiger partial charge in [-0.3, -0.25) is 0 Å². The number of benzene rings is 2. The van der Waals surface area contributed by atoms with E-state index in [1.807, 2.05) is 12.1 Å². The minimum absolute atomic E-state index is 0.0676. The Bertz CT molecular complexity index is 1390. The third kappa shape index (κ3) is 6.17. The van der Waals surface area contributed by atoms with E-state index in [4.69, 9.17) is 24.1 Å². The number of ether oxygens (including phenoxy) is 4. The van der Waals surface area contributed by atoms with E-state index in [0.717, 1.165) is 8.66 Å². The van der Waals surface area contributed by atoms with Crippen LogP contribution in [0, 0.1) is 0 Å². The second-order valence-corrected chi connectivity index (χ2v) is 12.0. The molecule has 2 N–H and O–H groups in total. The molecule has 0 radical (unpaired) electrons. The molecule has 1 aromatic heterocycles. The van der Waals surface area contributed by atoms with Crippen LogP contribution >= 0.6 is 27.3 Å². The van der Waals surface area contributed by atoms with Crippen LogP contribution in [0.25, 0.3) is 11.1 Å². The van der Waals surface area contributed by atoms with E-state index in [2.05, 4.69) is 22.5 Å². The topological polar surface area (TPSA) is 97.1 Å². The zero-order valence-corrected chi connectivity index (χ0v) is 22.2. The Kier molecular flexibility index (Phi) is 7.88. The highest BCUT2D eigenvalue weighted by molar-refractivity contribution is 9.11. The molecule has 2 aromatic carbocycles.